The number of allylic oxidation sites excluding steroid dienone is 2. The summed E-state index contributed by atoms with van der Waals surface area (Å²) in [6.07, 6.45) is 56.1. The van der Waals surface area contributed by atoms with E-state index in [1.54, 1.807) is 0 Å². The molecule has 0 aliphatic carbocycles. The molecule has 0 aromatic carbocycles. The zero-order valence-electron chi connectivity index (χ0n) is 39.7. The van der Waals surface area contributed by atoms with Crippen LogP contribution in [0.5, 0.6) is 0 Å². The highest BCUT2D eigenvalue weighted by Gasteiger charge is 2.20. The highest BCUT2D eigenvalue weighted by molar-refractivity contribution is 5.76. The molecule has 0 radical (unpaired) electrons. The SMILES string of the molecule is CCCCCC/C=C\CCCCCCCC(=O)OCCCCCCCCCCCCC(=O)NC(CO)C(O)CCCCCCCCCCCCCCCCCCCCC. The number of carbonyl (C=O) groups excluding carboxylic acids is 2. The molecular formula is C53H103NO5. The average Bonchev–Trinajstić information content (AvgIpc) is 3.24. The quantitative estimate of drug-likeness (QED) is 0.0322. The maximum absolute atomic E-state index is 12.5. The van der Waals surface area contributed by atoms with E-state index in [1.807, 2.05) is 0 Å². The maximum atomic E-state index is 12.5. The van der Waals surface area contributed by atoms with Gasteiger partial charge in [0, 0.05) is 12.8 Å². The van der Waals surface area contributed by atoms with E-state index in [9.17, 15) is 19.8 Å². The van der Waals surface area contributed by atoms with Crippen LogP contribution in [0.4, 0.5) is 0 Å². The van der Waals surface area contributed by atoms with Gasteiger partial charge >= 0.3 is 5.97 Å². The molecule has 59 heavy (non-hydrogen) atoms. The molecule has 6 nitrogen and oxygen atoms in total. The Hall–Kier alpha value is -1.40. The molecule has 0 aromatic heterocycles. The Morgan fingerprint density at radius 2 is 0.797 bits per heavy atom. The fourth-order valence-corrected chi connectivity index (χ4v) is 8.22. The van der Waals surface area contributed by atoms with Crippen molar-refractivity contribution in [3.63, 3.8) is 0 Å². The number of esters is 1. The van der Waals surface area contributed by atoms with Gasteiger partial charge in [-0.05, 0) is 51.4 Å². The Bertz CT molecular complexity index is 878. The van der Waals surface area contributed by atoms with Crippen LogP contribution in [0.25, 0.3) is 0 Å². The van der Waals surface area contributed by atoms with Gasteiger partial charge in [-0.2, -0.15) is 0 Å². The third kappa shape index (κ3) is 45.9. The normalized spacial score (nSPS) is 12.7. The minimum absolute atomic E-state index is 0.0273. The molecule has 3 N–H and O–H groups in total. The van der Waals surface area contributed by atoms with E-state index in [0.29, 0.717) is 25.9 Å². The number of rotatable bonds is 49. The van der Waals surface area contributed by atoms with Crippen LogP contribution >= 0.6 is 0 Å². The van der Waals surface area contributed by atoms with Crippen LogP contribution in [0.2, 0.25) is 0 Å². The Morgan fingerprint density at radius 3 is 1.22 bits per heavy atom. The third-order valence-corrected chi connectivity index (χ3v) is 12.3. The van der Waals surface area contributed by atoms with Crippen molar-refractivity contribution >= 4 is 11.9 Å². The number of aliphatic hydroxyl groups is 2. The van der Waals surface area contributed by atoms with Crippen LogP contribution in [-0.2, 0) is 14.3 Å². The summed E-state index contributed by atoms with van der Waals surface area (Å²) < 4.78 is 5.44. The molecule has 0 rings (SSSR count). The van der Waals surface area contributed by atoms with Crippen LogP contribution in [0.1, 0.15) is 290 Å². The summed E-state index contributed by atoms with van der Waals surface area (Å²) in [5, 5.41) is 23.3. The molecule has 350 valence electrons. The van der Waals surface area contributed by atoms with E-state index in [2.05, 4.69) is 31.3 Å². The van der Waals surface area contributed by atoms with Crippen LogP contribution in [0.3, 0.4) is 0 Å². The summed E-state index contributed by atoms with van der Waals surface area (Å²) in [7, 11) is 0. The zero-order chi connectivity index (χ0) is 43.0. The minimum atomic E-state index is -0.679. The lowest BCUT2D eigenvalue weighted by atomic mass is 10.0. The van der Waals surface area contributed by atoms with Gasteiger partial charge in [0.2, 0.25) is 5.91 Å². The molecule has 6 heteroatoms. The van der Waals surface area contributed by atoms with Gasteiger partial charge in [0.15, 0.2) is 0 Å². The number of aliphatic hydroxyl groups excluding tert-OH is 2. The van der Waals surface area contributed by atoms with E-state index in [1.165, 1.54) is 199 Å². The molecule has 0 fully saturated rings. The standard InChI is InChI=1S/C53H103NO5/c1-3-5-7-9-11-13-15-17-18-19-20-21-22-24-25-29-33-37-41-45-51(56)50(49-55)54-52(57)46-42-38-34-30-27-28-32-36-40-44-48-59-53(58)47-43-39-35-31-26-23-16-14-12-10-8-6-4-2/h14,16,50-51,55-56H,3-13,15,17-49H2,1-2H3,(H,54,57)/b16-14-. The zero-order valence-corrected chi connectivity index (χ0v) is 39.7. The summed E-state index contributed by atoms with van der Waals surface area (Å²) in [6, 6.07) is -0.558. The molecule has 2 unspecified atom stereocenters. The number of carbonyl (C=O) groups is 2. The monoisotopic (exact) mass is 834 g/mol. The predicted molar refractivity (Wildman–Crippen MR) is 255 cm³/mol. The second kappa shape index (κ2) is 49.3. The fourth-order valence-electron chi connectivity index (χ4n) is 8.22. The third-order valence-electron chi connectivity index (χ3n) is 12.3. The van der Waals surface area contributed by atoms with Crippen LogP contribution in [-0.4, -0.2) is 47.4 Å². The Morgan fingerprint density at radius 1 is 0.458 bits per heavy atom. The van der Waals surface area contributed by atoms with Crippen molar-refractivity contribution in [2.75, 3.05) is 13.2 Å². The lowest BCUT2D eigenvalue weighted by molar-refractivity contribution is -0.143. The first-order valence-corrected chi connectivity index (χ1v) is 26.4. The molecule has 0 aliphatic heterocycles. The van der Waals surface area contributed by atoms with Crippen molar-refractivity contribution < 1.29 is 24.5 Å². The van der Waals surface area contributed by atoms with Gasteiger partial charge in [0.25, 0.3) is 0 Å². The highest BCUT2D eigenvalue weighted by atomic mass is 16.5. The number of hydrogen-bond acceptors (Lipinski definition) is 5. The maximum Gasteiger partial charge on any atom is 0.305 e. The number of unbranched alkanes of at least 4 members (excludes halogenated alkanes) is 36. The second-order valence-corrected chi connectivity index (χ2v) is 18.2. The first-order chi connectivity index (χ1) is 29.0. The van der Waals surface area contributed by atoms with E-state index in [4.69, 9.17) is 4.74 Å². The number of hydrogen-bond donors (Lipinski definition) is 3. The van der Waals surface area contributed by atoms with Crippen molar-refractivity contribution in [2.24, 2.45) is 0 Å². The van der Waals surface area contributed by atoms with Gasteiger partial charge < -0.3 is 20.3 Å². The number of amides is 1. The molecule has 0 saturated heterocycles. The Kier molecular flexibility index (Phi) is 48.1. The van der Waals surface area contributed by atoms with Gasteiger partial charge in [-0.15, -0.1) is 0 Å². The van der Waals surface area contributed by atoms with Crippen molar-refractivity contribution in [3.8, 4) is 0 Å². The molecular weight excluding hydrogens is 731 g/mol. The summed E-state index contributed by atoms with van der Waals surface area (Å²) >= 11 is 0. The van der Waals surface area contributed by atoms with E-state index in [0.717, 1.165) is 57.8 Å². The van der Waals surface area contributed by atoms with Crippen molar-refractivity contribution in [3.05, 3.63) is 12.2 Å². The first-order valence-electron chi connectivity index (χ1n) is 26.4. The largest absolute Gasteiger partial charge is 0.466 e. The van der Waals surface area contributed by atoms with Crippen molar-refractivity contribution in [1.29, 1.82) is 0 Å². The van der Waals surface area contributed by atoms with Crippen LogP contribution in [0.15, 0.2) is 12.2 Å². The summed E-state index contributed by atoms with van der Waals surface area (Å²) in [5.41, 5.74) is 0. The molecule has 0 heterocycles. The van der Waals surface area contributed by atoms with E-state index in [-0.39, 0.29) is 18.5 Å². The van der Waals surface area contributed by atoms with E-state index >= 15 is 0 Å². The fraction of sp³-hybridized carbons (Fsp3) is 0.925. The van der Waals surface area contributed by atoms with Gasteiger partial charge in [0.05, 0.1) is 25.4 Å². The molecule has 0 aromatic rings. The van der Waals surface area contributed by atoms with Crippen LogP contribution < -0.4 is 5.32 Å². The molecule has 0 aliphatic rings. The van der Waals surface area contributed by atoms with Gasteiger partial charge in [-0.25, -0.2) is 0 Å². The van der Waals surface area contributed by atoms with E-state index < -0.39 is 12.1 Å². The second-order valence-electron chi connectivity index (χ2n) is 18.2. The van der Waals surface area contributed by atoms with Crippen LogP contribution in [0, 0.1) is 0 Å². The van der Waals surface area contributed by atoms with Gasteiger partial charge in [0.1, 0.15) is 0 Å². The Balaban J connectivity index is 3.48. The van der Waals surface area contributed by atoms with Gasteiger partial charge in [-0.1, -0.05) is 238 Å². The van der Waals surface area contributed by atoms with Crippen molar-refractivity contribution in [2.45, 2.75) is 302 Å². The first kappa shape index (κ1) is 57.6. The number of nitrogens with one attached hydrogen (secondary N) is 1. The Labute approximate surface area is 368 Å². The summed E-state index contributed by atoms with van der Waals surface area (Å²) in [6.45, 7) is 4.90. The molecule has 2 atom stereocenters. The lowest BCUT2D eigenvalue weighted by Gasteiger charge is -2.22. The summed E-state index contributed by atoms with van der Waals surface area (Å²) in [5.74, 6) is -0.0833. The molecule has 0 saturated carbocycles. The minimum Gasteiger partial charge on any atom is -0.466 e. The predicted octanol–water partition coefficient (Wildman–Crippen LogP) is 15.7. The average molecular weight is 834 g/mol. The topological polar surface area (TPSA) is 95.9 Å². The molecule has 1 amide bonds. The van der Waals surface area contributed by atoms with Gasteiger partial charge in [-0.3, -0.25) is 9.59 Å². The number of ether oxygens (including phenoxy) is 1. The molecule has 0 spiro atoms. The smallest absolute Gasteiger partial charge is 0.305 e. The molecule has 0 bridgehead atoms. The lowest BCUT2D eigenvalue weighted by Crippen LogP contribution is -2.45. The van der Waals surface area contributed by atoms with Crippen molar-refractivity contribution in [1.82, 2.24) is 5.32 Å². The summed E-state index contributed by atoms with van der Waals surface area (Å²) in [4.78, 5) is 24.5. The highest BCUT2D eigenvalue weighted by Crippen LogP contribution is 2.17.